The van der Waals surface area contributed by atoms with E-state index in [-0.39, 0.29) is 6.04 Å². The van der Waals surface area contributed by atoms with Crippen molar-refractivity contribution in [3.05, 3.63) is 42.5 Å². The summed E-state index contributed by atoms with van der Waals surface area (Å²) < 4.78 is 5.37. The van der Waals surface area contributed by atoms with Crippen LogP contribution in [0.25, 0.3) is 0 Å². The number of carboxylic acid groups (broad SMARTS) is 1. The minimum atomic E-state index is -0.955. The maximum Gasteiger partial charge on any atom is 0.404 e. The molecule has 0 spiro atoms. The van der Waals surface area contributed by atoms with Gasteiger partial charge < -0.3 is 15.2 Å². The molecule has 2 rings (SSSR count). The highest BCUT2D eigenvalue weighted by atomic mass is 16.5. The topological polar surface area (TPSA) is 58.6 Å². The van der Waals surface area contributed by atoms with Crippen LogP contribution >= 0.6 is 0 Å². The summed E-state index contributed by atoms with van der Waals surface area (Å²) in [5, 5.41) is 11.1. The summed E-state index contributed by atoms with van der Waals surface area (Å²) in [4.78, 5) is 10.5. The Hall–Kier alpha value is -1.97. The quantitative estimate of drug-likeness (QED) is 0.767. The minimum Gasteiger partial charge on any atom is -0.490 e. The van der Waals surface area contributed by atoms with Gasteiger partial charge in [0.15, 0.2) is 0 Å². The van der Waals surface area contributed by atoms with E-state index in [9.17, 15) is 4.79 Å². The first-order valence-corrected chi connectivity index (χ1v) is 5.54. The van der Waals surface area contributed by atoms with Crippen molar-refractivity contribution in [1.82, 2.24) is 5.32 Å². The first-order chi connectivity index (χ1) is 8.20. The molecule has 0 aliphatic heterocycles. The molecular weight excluding hydrogens is 218 g/mol. The standard InChI is InChI=1S/C13H15NO3/c1-2-7-17-10-5-3-9(4-6-10)11-8-12(11)14-13(15)16/h2-6,11-12,14H,1,7-8H2,(H,15,16)/t11-,12+/m0/s1. The Balaban J connectivity index is 1.91. The molecule has 2 N–H and O–H groups in total. The molecule has 1 aliphatic carbocycles. The van der Waals surface area contributed by atoms with Crippen molar-refractivity contribution in [2.75, 3.05) is 6.61 Å². The van der Waals surface area contributed by atoms with Crippen LogP contribution in [0.1, 0.15) is 17.9 Å². The second-order valence-corrected chi connectivity index (χ2v) is 4.07. The molecule has 4 heteroatoms. The number of rotatable bonds is 5. The third-order valence-electron chi connectivity index (χ3n) is 2.78. The highest BCUT2D eigenvalue weighted by Crippen LogP contribution is 2.41. The van der Waals surface area contributed by atoms with Crippen LogP contribution in [0.3, 0.4) is 0 Å². The zero-order chi connectivity index (χ0) is 12.3. The average Bonchev–Trinajstić information content (AvgIpc) is 3.05. The molecule has 1 aromatic rings. The number of ether oxygens (including phenoxy) is 1. The Bertz CT molecular complexity index is 413. The van der Waals surface area contributed by atoms with Gasteiger partial charge in [-0.05, 0) is 24.1 Å². The van der Waals surface area contributed by atoms with E-state index in [1.54, 1.807) is 6.08 Å². The first-order valence-electron chi connectivity index (χ1n) is 5.54. The molecule has 1 amide bonds. The zero-order valence-corrected chi connectivity index (χ0v) is 9.43. The molecule has 0 radical (unpaired) electrons. The van der Waals surface area contributed by atoms with E-state index in [0.29, 0.717) is 12.5 Å². The lowest BCUT2D eigenvalue weighted by Crippen LogP contribution is -2.24. The van der Waals surface area contributed by atoms with Crippen LogP contribution < -0.4 is 10.1 Å². The molecule has 4 nitrogen and oxygen atoms in total. The van der Waals surface area contributed by atoms with Gasteiger partial charge in [-0.1, -0.05) is 24.8 Å². The van der Waals surface area contributed by atoms with Gasteiger partial charge in [0.1, 0.15) is 12.4 Å². The van der Waals surface area contributed by atoms with Crippen molar-refractivity contribution in [3.63, 3.8) is 0 Å². The van der Waals surface area contributed by atoms with E-state index < -0.39 is 6.09 Å². The van der Waals surface area contributed by atoms with E-state index in [1.165, 1.54) is 0 Å². The van der Waals surface area contributed by atoms with Crippen molar-refractivity contribution in [1.29, 1.82) is 0 Å². The molecule has 1 aromatic carbocycles. The fourth-order valence-electron chi connectivity index (χ4n) is 1.85. The lowest BCUT2D eigenvalue weighted by atomic mass is 10.1. The normalized spacial score (nSPS) is 21.6. The maximum atomic E-state index is 10.5. The molecule has 1 saturated carbocycles. The molecule has 2 atom stereocenters. The van der Waals surface area contributed by atoms with E-state index in [2.05, 4.69) is 11.9 Å². The smallest absolute Gasteiger partial charge is 0.404 e. The Morgan fingerprint density at radius 1 is 1.53 bits per heavy atom. The van der Waals surface area contributed by atoms with Gasteiger partial charge in [-0.3, -0.25) is 0 Å². The molecule has 0 aromatic heterocycles. The SMILES string of the molecule is C=CCOc1ccc([C@@H]2C[C@H]2NC(=O)O)cc1. The van der Waals surface area contributed by atoms with Crippen molar-refractivity contribution in [3.8, 4) is 5.75 Å². The van der Waals surface area contributed by atoms with Crippen molar-refractivity contribution < 1.29 is 14.6 Å². The van der Waals surface area contributed by atoms with Gasteiger partial charge in [-0.15, -0.1) is 0 Å². The lowest BCUT2D eigenvalue weighted by Gasteiger charge is -2.05. The Labute approximate surface area is 99.9 Å². The van der Waals surface area contributed by atoms with Crippen LogP contribution in [0.5, 0.6) is 5.75 Å². The van der Waals surface area contributed by atoms with Gasteiger partial charge in [-0.2, -0.15) is 0 Å². The minimum absolute atomic E-state index is 0.0624. The highest BCUT2D eigenvalue weighted by molar-refractivity contribution is 5.65. The Kier molecular flexibility index (Phi) is 3.32. The van der Waals surface area contributed by atoms with Gasteiger partial charge in [0.05, 0.1) is 0 Å². The molecular formula is C13H15NO3. The van der Waals surface area contributed by atoms with E-state index in [4.69, 9.17) is 9.84 Å². The molecule has 17 heavy (non-hydrogen) atoms. The highest BCUT2D eigenvalue weighted by Gasteiger charge is 2.39. The maximum absolute atomic E-state index is 10.5. The van der Waals surface area contributed by atoms with E-state index in [1.807, 2.05) is 24.3 Å². The van der Waals surface area contributed by atoms with Gasteiger partial charge in [0, 0.05) is 12.0 Å². The van der Waals surface area contributed by atoms with Crippen LogP contribution in [-0.4, -0.2) is 23.8 Å². The average molecular weight is 233 g/mol. The Morgan fingerprint density at radius 2 is 2.24 bits per heavy atom. The summed E-state index contributed by atoms with van der Waals surface area (Å²) in [6.45, 7) is 4.07. The fraction of sp³-hybridized carbons (Fsp3) is 0.308. The molecule has 0 heterocycles. The zero-order valence-electron chi connectivity index (χ0n) is 9.43. The summed E-state index contributed by atoms with van der Waals surface area (Å²) in [5.74, 6) is 1.11. The fourth-order valence-corrected chi connectivity index (χ4v) is 1.85. The van der Waals surface area contributed by atoms with Crippen molar-refractivity contribution >= 4 is 6.09 Å². The number of benzene rings is 1. The summed E-state index contributed by atoms with van der Waals surface area (Å²) in [5.41, 5.74) is 1.15. The van der Waals surface area contributed by atoms with Gasteiger partial charge in [0.2, 0.25) is 0 Å². The van der Waals surface area contributed by atoms with Crippen LogP contribution in [0, 0.1) is 0 Å². The third kappa shape index (κ3) is 3.00. The van der Waals surface area contributed by atoms with E-state index >= 15 is 0 Å². The van der Waals surface area contributed by atoms with Crippen LogP contribution in [0.15, 0.2) is 36.9 Å². The summed E-state index contributed by atoms with van der Waals surface area (Å²) in [7, 11) is 0. The number of hydrogen-bond donors (Lipinski definition) is 2. The van der Waals surface area contributed by atoms with Gasteiger partial charge in [0.25, 0.3) is 0 Å². The molecule has 1 fully saturated rings. The second kappa shape index (κ2) is 4.91. The van der Waals surface area contributed by atoms with Crippen molar-refractivity contribution in [2.24, 2.45) is 0 Å². The molecule has 90 valence electrons. The molecule has 0 unspecified atom stereocenters. The lowest BCUT2D eigenvalue weighted by molar-refractivity contribution is 0.193. The Morgan fingerprint density at radius 3 is 2.82 bits per heavy atom. The number of hydrogen-bond acceptors (Lipinski definition) is 2. The predicted octanol–water partition coefficient (Wildman–Crippen LogP) is 2.37. The monoisotopic (exact) mass is 233 g/mol. The first kappa shape index (κ1) is 11.5. The third-order valence-corrected chi connectivity index (χ3v) is 2.78. The van der Waals surface area contributed by atoms with Crippen molar-refractivity contribution in [2.45, 2.75) is 18.4 Å². The van der Waals surface area contributed by atoms with Gasteiger partial charge >= 0.3 is 6.09 Å². The predicted molar refractivity (Wildman–Crippen MR) is 64.4 cm³/mol. The molecule has 1 aliphatic rings. The van der Waals surface area contributed by atoms with Gasteiger partial charge in [-0.25, -0.2) is 4.79 Å². The van der Waals surface area contributed by atoms with E-state index in [0.717, 1.165) is 17.7 Å². The second-order valence-electron chi connectivity index (χ2n) is 4.07. The molecule has 0 saturated heterocycles. The van der Waals surface area contributed by atoms with Crippen LogP contribution in [-0.2, 0) is 0 Å². The summed E-state index contributed by atoms with van der Waals surface area (Å²) >= 11 is 0. The summed E-state index contributed by atoms with van der Waals surface area (Å²) in [6, 6.07) is 7.82. The largest absolute Gasteiger partial charge is 0.490 e. The summed E-state index contributed by atoms with van der Waals surface area (Å²) in [6.07, 6.45) is 1.62. The number of nitrogens with one attached hydrogen (secondary N) is 1. The number of carbonyl (C=O) groups is 1. The molecule has 0 bridgehead atoms. The van der Waals surface area contributed by atoms with Crippen LogP contribution in [0.2, 0.25) is 0 Å². The van der Waals surface area contributed by atoms with Crippen LogP contribution in [0.4, 0.5) is 4.79 Å². The number of amides is 1.